The average molecular weight is 293 g/mol. The molecule has 4 fully saturated rings. The minimum atomic E-state index is 0.162. The highest BCUT2D eigenvalue weighted by Crippen LogP contribution is 2.35. The van der Waals surface area contributed by atoms with Crippen molar-refractivity contribution in [1.29, 1.82) is 0 Å². The Bertz CT molecular complexity index is 416. The number of urea groups is 1. The summed E-state index contributed by atoms with van der Waals surface area (Å²) >= 11 is 0. The van der Waals surface area contributed by atoms with Crippen molar-refractivity contribution in [2.24, 2.45) is 5.92 Å². The number of piperidine rings is 2. The lowest BCUT2D eigenvalue weighted by Crippen LogP contribution is -2.59. The van der Waals surface area contributed by atoms with E-state index >= 15 is 0 Å². The molecule has 0 aromatic rings. The van der Waals surface area contributed by atoms with Crippen molar-refractivity contribution < 1.29 is 9.53 Å². The maximum Gasteiger partial charge on any atom is 0.317 e. The largest absolute Gasteiger partial charge is 0.373 e. The van der Waals surface area contributed by atoms with E-state index in [9.17, 15) is 4.79 Å². The van der Waals surface area contributed by atoms with Crippen molar-refractivity contribution in [1.82, 2.24) is 15.1 Å². The topological polar surface area (TPSA) is 44.8 Å². The summed E-state index contributed by atoms with van der Waals surface area (Å²) in [4.78, 5) is 17.3. The van der Waals surface area contributed by atoms with Gasteiger partial charge in [-0.25, -0.2) is 4.79 Å². The molecule has 4 heterocycles. The second-order valence-electron chi connectivity index (χ2n) is 7.38. The molecule has 5 nitrogen and oxygen atoms in total. The number of rotatable bonds is 1. The van der Waals surface area contributed by atoms with E-state index in [1.807, 2.05) is 0 Å². The molecular weight excluding hydrogens is 266 g/mol. The normalized spacial score (nSPS) is 42.9. The molecular formula is C16H27N3O2. The number of ether oxygens (including phenoxy) is 1. The Morgan fingerprint density at radius 2 is 2.10 bits per heavy atom. The third kappa shape index (κ3) is 2.55. The van der Waals surface area contributed by atoms with Crippen LogP contribution in [0.2, 0.25) is 0 Å². The molecule has 0 spiro atoms. The lowest BCUT2D eigenvalue weighted by molar-refractivity contribution is 0.0504. The minimum Gasteiger partial charge on any atom is -0.373 e. The number of carbonyl (C=O) groups is 1. The predicted molar refractivity (Wildman–Crippen MR) is 80.2 cm³/mol. The second kappa shape index (κ2) is 5.43. The van der Waals surface area contributed by atoms with E-state index in [1.54, 1.807) is 0 Å². The van der Waals surface area contributed by atoms with Gasteiger partial charge in [0.05, 0.1) is 18.2 Å². The Kier molecular flexibility index (Phi) is 3.58. The highest BCUT2D eigenvalue weighted by atomic mass is 16.5. The Labute approximate surface area is 127 Å². The van der Waals surface area contributed by atoms with Crippen LogP contribution in [-0.4, -0.2) is 66.8 Å². The molecule has 4 aliphatic rings. The number of nitrogens with zero attached hydrogens (tertiary/aromatic N) is 2. The lowest BCUT2D eigenvalue weighted by Gasteiger charge is -2.46. The standard InChI is InChI=1S/C16H27N3O2/c1-18-8-6-14-11(10-18)3-2-7-19(14)16(20)17-13-9-12-4-5-15(13)21-12/h11-15H,2-10H2,1H3,(H,17,20)/t11-,12-,13-,14-,15-/m1/s1. The van der Waals surface area contributed by atoms with Crippen molar-refractivity contribution >= 4 is 6.03 Å². The molecule has 21 heavy (non-hydrogen) atoms. The van der Waals surface area contributed by atoms with E-state index in [4.69, 9.17) is 4.74 Å². The lowest BCUT2D eigenvalue weighted by atomic mass is 9.84. The number of nitrogens with one attached hydrogen (secondary N) is 1. The summed E-state index contributed by atoms with van der Waals surface area (Å²) < 4.78 is 5.85. The van der Waals surface area contributed by atoms with Crippen LogP contribution in [0.1, 0.15) is 38.5 Å². The van der Waals surface area contributed by atoms with Gasteiger partial charge in [-0.2, -0.15) is 0 Å². The van der Waals surface area contributed by atoms with Crippen LogP contribution in [0.3, 0.4) is 0 Å². The molecule has 5 atom stereocenters. The first-order chi connectivity index (χ1) is 10.2. The number of hydrogen-bond donors (Lipinski definition) is 1. The van der Waals surface area contributed by atoms with Gasteiger partial charge in [-0.3, -0.25) is 0 Å². The van der Waals surface area contributed by atoms with Crippen LogP contribution in [0.15, 0.2) is 0 Å². The maximum atomic E-state index is 12.7. The quantitative estimate of drug-likeness (QED) is 0.795. The first-order valence-corrected chi connectivity index (χ1v) is 8.62. The van der Waals surface area contributed by atoms with Crippen molar-refractivity contribution in [2.75, 3.05) is 26.7 Å². The average Bonchev–Trinajstić information content (AvgIpc) is 3.08. The summed E-state index contributed by atoms with van der Waals surface area (Å²) in [5.41, 5.74) is 0. The van der Waals surface area contributed by atoms with E-state index in [0.717, 1.165) is 45.3 Å². The molecule has 2 bridgehead atoms. The zero-order valence-electron chi connectivity index (χ0n) is 13.0. The third-order valence-corrected chi connectivity index (χ3v) is 5.95. The highest BCUT2D eigenvalue weighted by Gasteiger charge is 2.43. The number of hydrogen-bond acceptors (Lipinski definition) is 3. The van der Waals surface area contributed by atoms with Crippen molar-refractivity contribution in [3.05, 3.63) is 0 Å². The molecule has 0 aliphatic carbocycles. The van der Waals surface area contributed by atoms with Crippen LogP contribution in [0.5, 0.6) is 0 Å². The molecule has 4 rings (SSSR count). The van der Waals surface area contributed by atoms with Crippen LogP contribution >= 0.6 is 0 Å². The molecule has 1 N–H and O–H groups in total. The van der Waals surface area contributed by atoms with E-state index in [1.165, 1.54) is 12.8 Å². The van der Waals surface area contributed by atoms with Gasteiger partial charge in [-0.05, 0) is 58.0 Å². The van der Waals surface area contributed by atoms with Gasteiger partial charge in [0.2, 0.25) is 0 Å². The Hall–Kier alpha value is -0.810. The number of carbonyl (C=O) groups excluding carboxylic acids is 1. The number of fused-ring (bicyclic) bond motifs is 3. The van der Waals surface area contributed by atoms with Gasteiger partial charge in [-0.1, -0.05) is 0 Å². The van der Waals surface area contributed by atoms with Crippen molar-refractivity contribution in [3.8, 4) is 0 Å². The van der Waals surface area contributed by atoms with Crippen LogP contribution in [0.25, 0.3) is 0 Å². The van der Waals surface area contributed by atoms with Gasteiger partial charge in [0.1, 0.15) is 0 Å². The predicted octanol–water partition coefficient (Wildman–Crippen LogP) is 1.43. The smallest absolute Gasteiger partial charge is 0.317 e. The Morgan fingerprint density at radius 3 is 2.86 bits per heavy atom. The fourth-order valence-electron chi connectivity index (χ4n) is 4.87. The van der Waals surface area contributed by atoms with Gasteiger partial charge < -0.3 is 19.9 Å². The molecule has 0 unspecified atom stereocenters. The van der Waals surface area contributed by atoms with Crippen LogP contribution in [0, 0.1) is 5.92 Å². The first kappa shape index (κ1) is 13.8. The summed E-state index contributed by atoms with van der Waals surface area (Å²) in [6, 6.07) is 0.868. The first-order valence-electron chi connectivity index (χ1n) is 8.62. The molecule has 118 valence electrons. The number of amides is 2. The molecule has 0 radical (unpaired) electrons. The van der Waals surface area contributed by atoms with Gasteiger partial charge in [0, 0.05) is 19.1 Å². The molecule has 4 saturated heterocycles. The molecule has 4 aliphatic heterocycles. The second-order valence-corrected chi connectivity index (χ2v) is 7.38. The fraction of sp³-hybridized carbons (Fsp3) is 0.938. The molecule has 0 aromatic carbocycles. The van der Waals surface area contributed by atoms with Crippen molar-refractivity contribution in [2.45, 2.75) is 62.8 Å². The van der Waals surface area contributed by atoms with Gasteiger partial charge in [0.25, 0.3) is 0 Å². The molecule has 0 aromatic heterocycles. The van der Waals surface area contributed by atoms with E-state index in [2.05, 4.69) is 22.2 Å². The monoisotopic (exact) mass is 293 g/mol. The summed E-state index contributed by atoms with van der Waals surface area (Å²) in [7, 11) is 2.20. The molecule has 2 amide bonds. The van der Waals surface area contributed by atoms with Crippen LogP contribution in [0.4, 0.5) is 4.79 Å². The van der Waals surface area contributed by atoms with E-state index in [0.29, 0.717) is 18.1 Å². The van der Waals surface area contributed by atoms with Gasteiger partial charge in [-0.15, -0.1) is 0 Å². The Balaban J connectivity index is 1.39. The summed E-state index contributed by atoms with van der Waals surface area (Å²) in [6.07, 6.45) is 7.54. The zero-order chi connectivity index (χ0) is 14.4. The molecule has 0 saturated carbocycles. The van der Waals surface area contributed by atoms with Gasteiger partial charge >= 0.3 is 6.03 Å². The minimum absolute atomic E-state index is 0.162. The summed E-state index contributed by atoms with van der Waals surface area (Å²) in [5.74, 6) is 0.666. The Morgan fingerprint density at radius 1 is 1.19 bits per heavy atom. The third-order valence-electron chi connectivity index (χ3n) is 5.95. The maximum absolute atomic E-state index is 12.7. The fourth-order valence-corrected chi connectivity index (χ4v) is 4.87. The van der Waals surface area contributed by atoms with Crippen LogP contribution < -0.4 is 5.32 Å². The van der Waals surface area contributed by atoms with E-state index in [-0.39, 0.29) is 18.2 Å². The van der Waals surface area contributed by atoms with Crippen molar-refractivity contribution in [3.63, 3.8) is 0 Å². The summed E-state index contributed by atoms with van der Waals surface area (Å²) in [6.45, 7) is 3.19. The number of likely N-dealkylation sites (tertiary alicyclic amines) is 2. The van der Waals surface area contributed by atoms with E-state index < -0.39 is 0 Å². The van der Waals surface area contributed by atoms with Crippen LogP contribution in [-0.2, 0) is 4.74 Å². The highest BCUT2D eigenvalue weighted by molar-refractivity contribution is 5.75. The molecule has 5 heteroatoms. The zero-order valence-corrected chi connectivity index (χ0v) is 13.0. The summed E-state index contributed by atoms with van der Waals surface area (Å²) in [5, 5.41) is 3.27. The van der Waals surface area contributed by atoms with Gasteiger partial charge in [0.15, 0.2) is 0 Å². The SMILES string of the molecule is CN1CC[C@@H]2[C@H](CCCN2C(=O)N[C@@H]2C[C@H]3CC[C@H]2O3)C1.